The zero-order valence-corrected chi connectivity index (χ0v) is 13.7. The fraction of sp³-hybridized carbons (Fsp3) is 0.500. The fourth-order valence-corrected chi connectivity index (χ4v) is 2.74. The number of nitrogens with zero attached hydrogens (tertiary/aromatic N) is 1. The number of carbonyl (C=O) groups excluding carboxylic acids is 2. The number of piperidine rings is 1. The summed E-state index contributed by atoms with van der Waals surface area (Å²) >= 11 is 5.99. The molecule has 2 rings (SSSR count). The van der Waals surface area contributed by atoms with Gasteiger partial charge in [-0.15, -0.1) is 0 Å². The standard InChI is InChI=1S/C16H22ClN3O3/c17-13-5-1-2-6-14(13)23-11-15(21)20-9-3-4-12(10-20)16(22)19-8-7-18/h1-2,5-6,12H,3-4,7-11,18H2,(H,19,22). The van der Waals surface area contributed by atoms with Crippen molar-refractivity contribution in [3.63, 3.8) is 0 Å². The zero-order chi connectivity index (χ0) is 16.7. The van der Waals surface area contributed by atoms with Crippen LogP contribution in [0.1, 0.15) is 12.8 Å². The van der Waals surface area contributed by atoms with E-state index in [4.69, 9.17) is 22.1 Å². The lowest BCUT2D eigenvalue weighted by Gasteiger charge is -2.32. The molecular formula is C16H22ClN3O3. The van der Waals surface area contributed by atoms with Crippen molar-refractivity contribution in [1.29, 1.82) is 0 Å². The molecule has 1 atom stereocenters. The molecule has 0 bridgehead atoms. The van der Waals surface area contributed by atoms with Gasteiger partial charge in [-0.25, -0.2) is 0 Å². The number of amides is 2. The minimum absolute atomic E-state index is 0.0417. The lowest BCUT2D eigenvalue weighted by atomic mass is 9.97. The maximum atomic E-state index is 12.3. The van der Waals surface area contributed by atoms with Crippen molar-refractivity contribution < 1.29 is 14.3 Å². The largest absolute Gasteiger partial charge is 0.482 e. The number of ether oxygens (including phenoxy) is 1. The molecule has 1 aromatic rings. The summed E-state index contributed by atoms with van der Waals surface area (Å²) in [6.45, 7) is 1.85. The van der Waals surface area contributed by atoms with Crippen LogP contribution in [0.2, 0.25) is 5.02 Å². The number of nitrogens with two attached hydrogens (primary N) is 1. The number of likely N-dealkylation sites (tertiary alicyclic amines) is 1. The summed E-state index contributed by atoms with van der Waals surface area (Å²) in [5.41, 5.74) is 5.38. The zero-order valence-electron chi connectivity index (χ0n) is 13.0. The molecule has 1 heterocycles. The van der Waals surface area contributed by atoms with Gasteiger partial charge in [-0.05, 0) is 25.0 Å². The smallest absolute Gasteiger partial charge is 0.260 e. The molecule has 0 saturated carbocycles. The van der Waals surface area contributed by atoms with E-state index in [9.17, 15) is 9.59 Å². The predicted molar refractivity (Wildman–Crippen MR) is 88.3 cm³/mol. The van der Waals surface area contributed by atoms with Crippen LogP contribution >= 0.6 is 11.6 Å². The van der Waals surface area contributed by atoms with Crippen molar-refractivity contribution in [3.8, 4) is 5.75 Å². The third-order valence-corrected chi connectivity index (χ3v) is 4.09. The van der Waals surface area contributed by atoms with Gasteiger partial charge in [-0.2, -0.15) is 0 Å². The second-order valence-corrected chi connectivity index (χ2v) is 5.88. The minimum atomic E-state index is -0.181. The summed E-state index contributed by atoms with van der Waals surface area (Å²) < 4.78 is 5.47. The molecule has 1 aliphatic rings. The van der Waals surface area contributed by atoms with E-state index >= 15 is 0 Å². The van der Waals surface area contributed by atoms with Crippen molar-refractivity contribution >= 4 is 23.4 Å². The van der Waals surface area contributed by atoms with Crippen LogP contribution in [0.4, 0.5) is 0 Å². The highest BCUT2D eigenvalue weighted by Gasteiger charge is 2.28. The Hall–Kier alpha value is -1.79. The summed E-state index contributed by atoms with van der Waals surface area (Å²) in [7, 11) is 0. The molecule has 1 unspecified atom stereocenters. The number of hydrogen-bond donors (Lipinski definition) is 2. The fourth-order valence-electron chi connectivity index (χ4n) is 2.55. The van der Waals surface area contributed by atoms with E-state index in [-0.39, 0.29) is 24.3 Å². The van der Waals surface area contributed by atoms with Crippen LogP contribution in [0, 0.1) is 5.92 Å². The number of benzene rings is 1. The number of halogens is 1. The van der Waals surface area contributed by atoms with E-state index in [1.54, 1.807) is 29.2 Å². The SMILES string of the molecule is NCCNC(=O)C1CCCN(C(=O)COc2ccccc2Cl)C1. The molecule has 3 N–H and O–H groups in total. The second-order valence-electron chi connectivity index (χ2n) is 5.48. The van der Waals surface area contributed by atoms with Crippen molar-refractivity contribution in [3.05, 3.63) is 29.3 Å². The van der Waals surface area contributed by atoms with E-state index in [0.717, 1.165) is 12.8 Å². The molecule has 0 radical (unpaired) electrons. The predicted octanol–water partition coefficient (Wildman–Crippen LogP) is 1.03. The lowest BCUT2D eigenvalue weighted by molar-refractivity contribution is -0.137. The van der Waals surface area contributed by atoms with Gasteiger partial charge >= 0.3 is 0 Å². The maximum absolute atomic E-state index is 12.3. The van der Waals surface area contributed by atoms with E-state index in [0.29, 0.717) is 37.0 Å². The summed E-state index contributed by atoms with van der Waals surface area (Å²) in [5.74, 6) is 0.123. The third kappa shape index (κ3) is 5.11. The number of carbonyl (C=O) groups is 2. The van der Waals surface area contributed by atoms with Crippen molar-refractivity contribution in [2.24, 2.45) is 11.7 Å². The van der Waals surface area contributed by atoms with E-state index in [1.165, 1.54) is 0 Å². The van der Waals surface area contributed by atoms with Crippen LogP contribution in [0.25, 0.3) is 0 Å². The third-order valence-electron chi connectivity index (χ3n) is 3.78. The van der Waals surface area contributed by atoms with Crippen LogP contribution in [0.5, 0.6) is 5.75 Å². The number of para-hydroxylation sites is 1. The number of hydrogen-bond acceptors (Lipinski definition) is 4. The first-order valence-corrected chi connectivity index (χ1v) is 8.12. The summed E-state index contributed by atoms with van der Waals surface area (Å²) in [4.78, 5) is 25.9. The Morgan fingerprint density at radius 2 is 2.17 bits per heavy atom. The molecule has 0 aromatic heterocycles. The highest BCUT2D eigenvalue weighted by molar-refractivity contribution is 6.32. The van der Waals surface area contributed by atoms with Gasteiger partial charge in [0, 0.05) is 26.2 Å². The minimum Gasteiger partial charge on any atom is -0.482 e. The molecule has 0 spiro atoms. The summed E-state index contributed by atoms with van der Waals surface area (Å²) in [6.07, 6.45) is 1.59. The lowest BCUT2D eigenvalue weighted by Crippen LogP contribution is -2.47. The van der Waals surface area contributed by atoms with Gasteiger partial charge < -0.3 is 20.7 Å². The van der Waals surface area contributed by atoms with Crippen LogP contribution in [0.15, 0.2) is 24.3 Å². The molecular weight excluding hydrogens is 318 g/mol. The first kappa shape index (κ1) is 17.6. The Labute approximate surface area is 140 Å². The van der Waals surface area contributed by atoms with Gasteiger partial charge in [0.25, 0.3) is 5.91 Å². The molecule has 7 heteroatoms. The Morgan fingerprint density at radius 3 is 2.91 bits per heavy atom. The van der Waals surface area contributed by atoms with E-state index in [2.05, 4.69) is 5.32 Å². The Balaban J connectivity index is 1.84. The molecule has 1 aromatic carbocycles. The molecule has 0 aliphatic carbocycles. The molecule has 1 aliphatic heterocycles. The van der Waals surface area contributed by atoms with Crippen molar-refractivity contribution in [2.75, 3.05) is 32.8 Å². The monoisotopic (exact) mass is 339 g/mol. The topological polar surface area (TPSA) is 84.7 Å². The van der Waals surface area contributed by atoms with Gasteiger partial charge in [0.1, 0.15) is 5.75 Å². The normalized spacial score (nSPS) is 17.7. The van der Waals surface area contributed by atoms with Crippen LogP contribution in [-0.2, 0) is 9.59 Å². The Bertz CT molecular complexity index is 553. The molecule has 23 heavy (non-hydrogen) atoms. The molecule has 1 fully saturated rings. The average molecular weight is 340 g/mol. The van der Waals surface area contributed by atoms with Gasteiger partial charge in [0.2, 0.25) is 5.91 Å². The van der Waals surface area contributed by atoms with Gasteiger partial charge in [0.05, 0.1) is 10.9 Å². The first-order valence-electron chi connectivity index (χ1n) is 7.74. The molecule has 2 amide bonds. The Morgan fingerprint density at radius 1 is 1.39 bits per heavy atom. The van der Waals surface area contributed by atoms with Gasteiger partial charge in [0.15, 0.2) is 6.61 Å². The van der Waals surface area contributed by atoms with Gasteiger partial charge in [-0.3, -0.25) is 9.59 Å². The van der Waals surface area contributed by atoms with E-state index < -0.39 is 0 Å². The maximum Gasteiger partial charge on any atom is 0.260 e. The number of nitrogens with one attached hydrogen (secondary N) is 1. The quantitative estimate of drug-likeness (QED) is 0.810. The average Bonchev–Trinajstić information content (AvgIpc) is 2.58. The summed E-state index contributed by atoms with van der Waals surface area (Å²) in [5, 5.41) is 3.25. The Kier molecular flexibility index (Phi) is 6.67. The van der Waals surface area contributed by atoms with Crippen LogP contribution in [0.3, 0.4) is 0 Å². The van der Waals surface area contributed by atoms with Crippen molar-refractivity contribution in [1.82, 2.24) is 10.2 Å². The van der Waals surface area contributed by atoms with E-state index in [1.807, 2.05) is 0 Å². The highest BCUT2D eigenvalue weighted by atomic mass is 35.5. The highest BCUT2D eigenvalue weighted by Crippen LogP contribution is 2.23. The number of rotatable bonds is 6. The van der Waals surface area contributed by atoms with Crippen LogP contribution < -0.4 is 15.8 Å². The summed E-state index contributed by atoms with van der Waals surface area (Å²) in [6, 6.07) is 7.02. The second kappa shape index (κ2) is 8.74. The first-order chi connectivity index (χ1) is 11.1. The van der Waals surface area contributed by atoms with Crippen LogP contribution in [-0.4, -0.2) is 49.5 Å². The molecule has 1 saturated heterocycles. The van der Waals surface area contributed by atoms with Crippen molar-refractivity contribution in [2.45, 2.75) is 12.8 Å². The molecule has 6 nitrogen and oxygen atoms in total. The van der Waals surface area contributed by atoms with Gasteiger partial charge in [-0.1, -0.05) is 23.7 Å². The molecule has 126 valence electrons.